The van der Waals surface area contributed by atoms with Gasteiger partial charge >= 0.3 is 6.18 Å². The summed E-state index contributed by atoms with van der Waals surface area (Å²) in [7, 11) is 0. The standard InChI is InChI=1S/C17H19F3N2O4/c1-10(2)9-26-13-6-11(17(18,19)20)5-12(7-13)21-14-8-15(24)22(3-4-23)16(14)25/h5-8,10,21,23H,3-4,9H2,1-2H3. The second-order valence-corrected chi connectivity index (χ2v) is 6.15. The Morgan fingerprint density at radius 3 is 2.50 bits per heavy atom. The average molecular weight is 372 g/mol. The number of β-amino-alcohol motifs (C(OH)–C–C–N with tert-alkyl or cyclic N) is 1. The van der Waals surface area contributed by atoms with E-state index in [1.807, 2.05) is 13.8 Å². The van der Waals surface area contributed by atoms with Crippen molar-refractivity contribution >= 4 is 17.5 Å². The van der Waals surface area contributed by atoms with Gasteiger partial charge in [-0.1, -0.05) is 13.8 Å². The van der Waals surface area contributed by atoms with Crippen LogP contribution in [0.25, 0.3) is 0 Å². The molecule has 0 saturated heterocycles. The SMILES string of the molecule is CC(C)COc1cc(NC2=CC(=O)N(CCO)C2=O)cc(C(F)(F)F)c1. The minimum Gasteiger partial charge on any atom is -0.493 e. The van der Waals surface area contributed by atoms with Crippen molar-refractivity contribution in [1.82, 2.24) is 4.90 Å². The van der Waals surface area contributed by atoms with Crippen LogP contribution >= 0.6 is 0 Å². The molecule has 9 heteroatoms. The molecule has 1 aliphatic rings. The van der Waals surface area contributed by atoms with Crippen LogP contribution in [-0.2, 0) is 15.8 Å². The van der Waals surface area contributed by atoms with Crippen LogP contribution in [0.15, 0.2) is 30.0 Å². The lowest BCUT2D eigenvalue weighted by Crippen LogP contribution is -2.34. The fourth-order valence-corrected chi connectivity index (χ4v) is 2.25. The molecule has 1 aromatic rings. The van der Waals surface area contributed by atoms with Gasteiger partial charge in [-0.15, -0.1) is 0 Å². The highest BCUT2D eigenvalue weighted by atomic mass is 19.4. The number of amides is 2. The number of imide groups is 1. The normalized spacial score (nSPS) is 14.9. The Morgan fingerprint density at radius 2 is 1.92 bits per heavy atom. The molecule has 1 heterocycles. The molecule has 0 atom stereocenters. The maximum Gasteiger partial charge on any atom is 0.416 e. The van der Waals surface area contributed by atoms with Gasteiger partial charge < -0.3 is 15.2 Å². The summed E-state index contributed by atoms with van der Waals surface area (Å²) in [6.45, 7) is 3.34. The number of halogens is 3. The molecule has 0 aliphatic carbocycles. The van der Waals surface area contributed by atoms with Gasteiger partial charge in [-0.25, -0.2) is 0 Å². The first kappa shape index (κ1) is 19.8. The minimum absolute atomic E-state index is 0.000566. The summed E-state index contributed by atoms with van der Waals surface area (Å²) in [6.07, 6.45) is -3.62. The number of aliphatic hydroxyl groups excluding tert-OH is 1. The minimum atomic E-state index is -4.60. The van der Waals surface area contributed by atoms with Crippen LogP contribution in [0.4, 0.5) is 18.9 Å². The summed E-state index contributed by atoms with van der Waals surface area (Å²) in [4.78, 5) is 24.6. The Morgan fingerprint density at radius 1 is 1.23 bits per heavy atom. The molecule has 0 bridgehead atoms. The third-order valence-corrected chi connectivity index (χ3v) is 3.43. The summed E-state index contributed by atoms with van der Waals surface area (Å²) in [5.74, 6) is -1.24. The summed E-state index contributed by atoms with van der Waals surface area (Å²) in [5.41, 5.74) is -1.14. The fraction of sp³-hybridized carbons (Fsp3) is 0.412. The first-order valence-corrected chi connectivity index (χ1v) is 7.92. The zero-order valence-electron chi connectivity index (χ0n) is 14.3. The second-order valence-electron chi connectivity index (χ2n) is 6.15. The van der Waals surface area contributed by atoms with Crippen LogP contribution in [0.2, 0.25) is 0 Å². The molecule has 2 rings (SSSR count). The molecule has 0 spiro atoms. The van der Waals surface area contributed by atoms with Crippen LogP contribution in [0.5, 0.6) is 5.75 Å². The van der Waals surface area contributed by atoms with Gasteiger partial charge in [-0.05, 0) is 18.1 Å². The van der Waals surface area contributed by atoms with Crippen molar-refractivity contribution in [2.24, 2.45) is 5.92 Å². The number of carbonyl (C=O) groups is 2. The van der Waals surface area contributed by atoms with Crippen molar-refractivity contribution in [1.29, 1.82) is 0 Å². The van der Waals surface area contributed by atoms with Crippen molar-refractivity contribution < 1.29 is 32.6 Å². The highest BCUT2D eigenvalue weighted by molar-refractivity contribution is 6.17. The Bertz CT molecular complexity index is 729. The van der Waals surface area contributed by atoms with Crippen LogP contribution in [0.1, 0.15) is 19.4 Å². The number of alkyl halides is 3. The van der Waals surface area contributed by atoms with Gasteiger partial charge in [0.15, 0.2) is 0 Å². The van der Waals surface area contributed by atoms with E-state index in [9.17, 15) is 22.8 Å². The van der Waals surface area contributed by atoms with E-state index in [2.05, 4.69) is 5.32 Å². The van der Waals surface area contributed by atoms with E-state index in [1.54, 1.807) is 0 Å². The third kappa shape index (κ3) is 4.75. The Balaban J connectivity index is 2.28. The number of nitrogens with one attached hydrogen (secondary N) is 1. The van der Waals surface area contributed by atoms with Gasteiger partial charge in [-0.2, -0.15) is 13.2 Å². The first-order chi connectivity index (χ1) is 12.1. The van der Waals surface area contributed by atoms with Gasteiger partial charge in [-0.3, -0.25) is 14.5 Å². The third-order valence-electron chi connectivity index (χ3n) is 3.43. The summed E-state index contributed by atoms with van der Waals surface area (Å²) >= 11 is 0. The van der Waals surface area contributed by atoms with E-state index in [0.29, 0.717) is 0 Å². The maximum absolute atomic E-state index is 13.1. The van der Waals surface area contributed by atoms with E-state index < -0.39 is 30.2 Å². The monoisotopic (exact) mass is 372 g/mol. The van der Waals surface area contributed by atoms with Gasteiger partial charge in [0.05, 0.1) is 25.3 Å². The van der Waals surface area contributed by atoms with Crippen molar-refractivity contribution in [3.8, 4) is 5.75 Å². The summed E-state index contributed by atoms with van der Waals surface area (Å²) < 4.78 is 44.7. The zero-order chi connectivity index (χ0) is 19.5. The molecular weight excluding hydrogens is 353 g/mol. The van der Waals surface area contributed by atoms with Crippen LogP contribution < -0.4 is 10.1 Å². The Kier molecular flexibility index (Phi) is 5.91. The van der Waals surface area contributed by atoms with Gasteiger partial charge in [0.25, 0.3) is 11.8 Å². The number of benzene rings is 1. The lowest BCUT2D eigenvalue weighted by molar-refractivity contribution is -0.138. The van der Waals surface area contributed by atoms with Crippen molar-refractivity contribution in [2.75, 3.05) is 25.1 Å². The molecule has 2 amide bonds. The predicted octanol–water partition coefficient (Wildman–Crippen LogP) is 2.40. The molecule has 0 aromatic heterocycles. The molecule has 1 aliphatic heterocycles. The molecule has 0 unspecified atom stereocenters. The van der Waals surface area contributed by atoms with Gasteiger partial charge in [0.1, 0.15) is 11.4 Å². The molecule has 6 nitrogen and oxygen atoms in total. The molecule has 2 N–H and O–H groups in total. The number of anilines is 1. The van der Waals surface area contributed by atoms with Crippen molar-refractivity contribution in [2.45, 2.75) is 20.0 Å². The number of hydrogen-bond acceptors (Lipinski definition) is 5. The average Bonchev–Trinajstić information content (AvgIpc) is 2.80. The van der Waals surface area contributed by atoms with Crippen molar-refractivity contribution in [3.63, 3.8) is 0 Å². The van der Waals surface area contributed by atoms with Crippen LogP contribution in [-0.4, -0.2) is 41.6 Å². The Labute approximate surface area is 148 Å². The van der Waals surface area contributed by atoms with Gasteiger partial charge in [0.2, 0.25) is 0 Å². The maximum atomic E-state index is 13.1. The molecule has 1 aromatic carbocycles. The number of rotatable bonds is 7. The molecule has 142 valence electrons. The molecule has 0 fully saturated rings. The zero-order valence-corrected chi connectivity index (χ0v) is 14.3. The fourth-order valence-electron chi connectivity index (χ4n) is 2.25. The van der Waals surface area contributed by atoms with Crippen LogP contribution in [0.3, 0.4) is 0 Å². The number of nitrogens with zero attached hydrogens (tertiary/aromatic N) is 1. The van der Waals surface area contributed by atoms with E-state index in [0.717, 1.165) is 23.1 Å². The molecular formula is C17H19F3N2O4. The number of aliphatic hydroxyl groups is 1. The number of ether oxygens (including phenoxy) is 1. The number of hydrogen-bond donors (Lipinski definition) is 2. The predicted molar refractivity (Wildman–Crippen MR) is 87.3 cm³/mol. The molecule has 26 heavy (non-hydrogen) atoms. The van der Waals surface area contributed by atoms with Crippen LogP contribution in [0, 0.1) is 5.92 Å². The smallest absolute Gasteiger partial charge is 0.416 e. The topological polar surface area (TPSA) is 78.9 Å². The Hall–Kier alpha value is -2.55. The van der Waals surface area contributed by atoms with Crippen molar-refractivity contribution in [3.05, 3.63) is 35.5 Å². The largest absolute Gasteiger partial charge is 0.493 e. The summed E-state index contributed by atoms with van der Waals surface area (Å²) in [6, 6.07) is 3.03. The highest BCUT2D eigenvalue weighted by Crippen LogP contribution is 2.35. The van der Waals surface area contributed by atoms with E-state index in [-0.39, 0.29) is 36.2 Å². The number of carbonyl (C=O) groups excluding carboxylic acids is 2. The molecule has 0 radical (unpaired) electrons. The highest BCUT2D eigenvalue weighted by Gasteiger charge is 2.33. The first-order valence-electron chi connectivity index (χ1n) is 7.92. The van der Waals surface area contributed by atoms with E-state index in [4.69, 9.17) is 9.84 Å². The molecule has 0 saturated carbocycles. The summed E-state index contributed by atoms with van der Waals surface area (Å²) in [5, 5.41) is 11.4. The quantitative estimate of drug-likeness (QED) is 0.719. The second kappa shape index (κ2) is 7.77. The van der Waals surface area contributed by atoms with Gasteiger partial charge in [0, 0.05) is 17.8 Å². The lowest BCUT2D eigenvalue weighted by Gasteiger charge is -2.16. The van der Waals surface area contributed by atoms with E-state index in [1.165, 1.54) is 6.07 Å². The van der Waals surface area contributed by atoms with E-state index >= 15 is 0 Å². The lowest BCUT2D eigenvalue weighted by atomic mass is 10.1.